The van der Waals surface area contributed by atoms with Crippen molar-refractivity contribution < 1.29 is 13.2 Å². The van der Waals surface area contributed by atoms with Crippen molar-refractivity contribution in [2.75, 3.05) is 13.1 Å². The van der Waals surface area contributed by atoms with Crippen LogP contribution in [0.4, 0.5) is 0 Å². The number of nitrogens with zero attached hydrogens (tertiary/aromatic N) is 3. The zero-order valence-electron chi connectivity index (χ0n) is 17.6. The molecule has 2 atom stereocenters. The van der Waals surface area contributed by atoms with Crippen LogP contribution in [0.15, 0.2) is 59.3 Å². The molecule has 1 aliphatic rings. The molecular weight excluding hydrogens is 432 g/mol. The van der Waals surface area contributed by atoms with Crippen LogP contribution in [0.2, 0.25) is 0 Å². The smallest absolute Gasteiger partial charge is 0.252 e. The van der Waals surface area contributed by atoms with Gasteiger partial charge in [-0.3, -0.25) is 4.79 Å². The average molecular weight is 459 g/mol. The third kappa shape index (κ3) is 4.73. The maximum absolute atomic E-state index is 12.9. The zero-order chi connectivity index (χ0) is 22.0. The van der Waals surface area contributed by atoms with Gasteiger partial charge in [0.05, 0.1) is 18.3 Å². The second-order valence-electron chi connectivity index (χ2n) is 7.86. The van der Waals surface area contributed by atoms with Gasteiger partial charge in [0.25, 0.3) is 10.0 Å². The molecule has 31 heavy (non-hydrogen) atoms. The Balaban J connectivity index is 1.40. The van der Waals surface area contributed by atoms with Gasteiger partial charge in [-0.1, -0.05) is 12.1 Å². The molecular formula is C22H26N4O3S2. The van der Waals surface area contributed by atoms with Gasteiger partial charge < -0.3 is 9.88 Å². The fourth-order valence-corrected chi connectivity index (χ4v) is 6.78. The van der Waals surface area contributed by atoms with E-state index in [1.165, 1.54) is 15.6 Å². The number of carbonyl (C=O) groups excluding carboxylic acids is 1. The summed E-state index contributed by atoms with van der Waals surface area (Å²) in [6.07, 6.45) is 6.70. The Morgan fingerprint density at radius 3 is 2.65 bits per heavy atom. The molecule has 1 N–H and O–H groups in total. The van der Waals surface area contributed by atoms with Gasteiger partial charge in [0.15, 0.2) is 0 Å². The molecule has 2 unspecified atom stereocenters. The lowest BCUT2D eigenvalue weighted by molar-refractivity contribution is -0.126. The largest absolute Gasteiger partial charge is 0.349 e. The van der Waals surface area contributed by atoms with E-state index >= 15 is 0 Å². The molecule has 7 nitrogen and oxygen atoms in total. The maximum atomic E-state index is 12.9. The molecule has 4 rings (SSSR count). The van der Waals surface area contributed by atoms with Crippen LogP contribution in [0.1, 0.15) is 36.2 Å². The lowest BCUT2D eigenvalue weighted by atomic mass is 9.98. The monoisotopic (exact) mass is 458 g/mol. The number of amides is 1. The van der Waals surface area contributed by atoms with Crippen LogP contribution < -0.4 is 5.32 Å². The van der Waals surface area contributed by atoms with Crippen LogP contribution in [0.25, 0.3) is 5.69 Å². The summed E-state index contributed by atoms with van der Waals surface area (Å²) in [6.45, 7) is 4.50. The number of hydrogen-bond acceptors (Lipinski definition) is 5. The fraction of sp³-hybridized carbons (Fsp3) is 0.364. The van der Waals surface area contributed by atoms with Gasteiger partial charge in [0, 0.05) is 36.0 Å². The molecule has 0 aliphatic carbocycles. The predicted molar refractivity (Wildman–Crippen MR) is 121 cm³/mol. The summed E-state index contributed by atoms with van der Waals surface area (Å²) in [5, 5.41) is 3.06. The van der Waals surface area contributed by atoms with E-state index in [2.05, 4.69) is 10.3 Å². The Labute approximate surface area is 186 Å². The Bertz CT molecular complexity index is 1140. The van der Waals surface area contributed by atoms with Gasteiger partial charge in [-0.25, -0.2) is 13.4 Å². The molecule has 1 fully saturated rings. The van der Waals surface area contributed by atoms with E-state index in [0.29, 0.717) is 23.6 Å². The first-order valence-corrected chi connectivity index (χ1v) is 12.6. The molecule has 9 heteroatoms. The quantitative estimate of drug-likeness (QED) is 0.613. The number of nitrogens with one attached hydrogen (secondary N) is 1. The number of piperidine rings is 1. The molecule has 0 bridgehead atoms. The number of benzene rings is 1. The van der Waals surface area contributed by atoms with E-state index in [4.69, 9.17) is 0 Å². The number of rotatable bonds is 6. The van der Waals surface area contributed by atoms with Crippen molar-refractivity contribution in [3.63, 3.8) is 0 Å². The van der Waals surface area contributed by atoms with E-state index in [9.17, 15) is 13.2 Å². The van der Waals surface area contributed by atoms with Crippen LogP contribution >= 0.6 is 11.3 Å². The number of aromatic nitrogens is 2. The number of thiophene rings is 1. The SMILES string of the molecule is Cc1ccc(S(=O)(=O)N2CCCC(C(=O)NC(C)c3ccc(-n4ccnc4)cc3)C2)s1. The first-order chi connectivity index (χ1) is 14.8. The fourth-order valence-electron chi connectivity index (χ4n) is 3.81. The average Bonchev–Trinajstić information content (AvgIpc) is 3.46. The summed E-state index contributed by atoms with van der Waals surface area (Å²) in [7, 11) is -3.55. The Hall–Kier alpha value is -2.49. The van der Waals surface area contributed by atoms with Gasteiger partial charge in [0.2, 0.25) is 5.91 Å². The van der Waals surface area contributed by atoms with Crippen molar-refractivity contribution in [1.29, 1.82) is 0 Å². The highest BCUT2D eigenvalue weighted by Crippen LogP contribution is 2.28. The predicted octanol–water partition coefficient (Wildman–Crippen LogP) is 3.52. The minimum atomic E-state index is -3.55. The van der Waals surface area contributed by atoms with Crippen molar-refractivity contribution >= 4 is 27.3 Å². The molecule has 0 spiro atoms. The summed E-state index contributed by atoms with van der Waals surface area (Å²) in [5.41, 5.74) is 1.99. The second-order valence-corrected chi connectivity index (χ2v) is 11.3. The van der Waals surface area contributed by atoms with Crippen molar-refractivity contribution in [3.05, 3.63) is 65.6 Å². The number of carbonyl (C=O) groups is 1. The maximum Gasteiger partial charge on any atom is 0.252 e. The Kier molecular flexibility index (Phi) is 6.27. The summed E-state index contributed by atoms with van der Waals surface area (Å²) < 4.78 is 29.6. The summed E-state index contributed by atoms with van der Waals surface area (Å²) in [4.78, 5) is 17.9. The van der Waals surface area contributed by atoms with Crippen LogP contribution in [0.5, 0.6) is 0 Å². The Morgan fingerprint density at radius 2 is 2.00 bits per heavy atom. The lowest BCUT2D eigenvalue weighted by Crippen LogP contribution is -2.45. The minimum absolute atomic E-state index is 0.103. The van der Waals surface area contributed by atoms with E-state index in [1.54, 1.807) is 18.6 Å². The molecule has 1 aliphatic heterocycles. The molecule has 0 radical (unpaired) electrons. The number of sulfonamides is 1. The molecule has 1 saturated heterocycles. The van der Waals surface area contributed by atoms with Crippen molar-refractivity contribution in [2.24, 2.45) is 5.92 Å². The van der Waals surface area contributed by atoms with Gasteiger partial charge in [-0.15, -0.1) is 11.3 Å². The van der Waals surface area contributed by atoms with Crippen molar-refractivity contribution in [2.45, 2.75) is 36.9 Å². The summed E-state index contributed by atoms with van der Waals surface area (Å²) in [5.74, 6) is -0.453. The number of hydrogen-bond donors (Lipinski definition) is 1. The van der Waals surface area contributed by atoms with Crippen LogP contribution in [-0.4, -0.2) is 41.3 Å². The number of imidazole rings is 1. The Morgan fingerprint density at radius 1 is 1.23 bits per heavy atom. The van der Waals surface area contributed by atoms with E-state index in [1.807, 2.05) is 54.9 Å². The molecule has 3 aromatic rings. The van der Waals surface area contributed by atoms with Gasteiger partial charge in [-0.05, 0) is 56.5 Å². The first-order valence-electron chi connectivity index (χ1n) is 10.3. The summed E-state index contributed by atoms with van der Waals surface area (Å²) in [6, 6.07) is 11.2. The van der Waals surface area contributed by atoms with Crippen LogP contribution in [0, 0.1) is 12.8 Å². The lowest BCUT2D eigenvalue weighted by Gasteiger charge is -2.31. The van der Waals surface area contributed by atoms with E-state index < -0.39 is 10.0 Å². The minimum Gasteiger partial charge on any atom is -0.349 e. The highest BCUT2D eigenvalue weighted by atomic mass is 32.2. The normalized spacial score (nSPS) is 18.6. The topological polar surface area (TPSA) is 84.3 Å². The molecule has 164 valence electrons. The van der Waals surface area contributed by atoms with Crippen LogP contribution in [0.3, 0.4) is 0 Å². The van der Waals surface area contributed by atoms with Gasteiger partial charge in [0.1, 0.15) is 4.21 Å². The van der Waals surface area contributed by atoms with E-state index in [0.717, 1.165) is 16.1 Å². The third-order valence-corrected chi connectivity index (χ3v) is 8.95. The molecule has 1 amide bonds. The first kappa shape index (κ1) is 21.7. The van der Waals surface area contributed by atoms with Crippen molar-refractivity contribution in [3.8, 4) is 5.69 Å². The van der Waals surface area contributed by atoms with Crippen LogP contribution in [-0.2, 0) is 14.8 Å². The zero-order valence-corrected chi connectivity index (χ0v) is 19.2. The van der Waals surface area contributed by atoms with Gasteiger partial charge >= 0.3 is 0 Å². The highest BCUT2D eigenvalue weighted by Gasteiger charge is 2.34. The standard InChI is InChI=1S/C22H26N4O3S2/c1-16-5-10-21(30-16)31(28,29)26-12-3-4-19(14-26)22(27)24-17(2)18-6-8-20(9-7-18)25-13-11-23-15-25/h5-11,13,15,17,19H,3-4,12,14H2,1-2H3,(H,24,27). The van der Waals surface area contributed by atoms with E-state index in [-0.39, 0.29) is 24.4 Å². The molecule has 0 saturated carbocycles. The number of aryl methyl sites for hydroxylation is 1. The molecule has 1 aromatic carbocycles. The van der Waals surface area contributed by atoms with Gasteiger partial charge in [-0.2, -0.15) is 4.31 Å². The molecule has 2 aromatic heterocycles. The highest BCUT2D eigenvalue weighted by molar-refractivity contribution is 7.91. The molecule has 3 heterocycles. The second kappa shape index (κ2) is 8.94. The van der Waals surface area contributed by atoms with Crippen molar-refractivity contribution in [1.82, 2.24) is 19.2 Å². The third-order valence-electron chi connectivity index (χ3n) is 5.62. The summed E-state index contributed by atoms with van der Waals surface area (Å²) >= 11 is 1.27.